The zero-order chi connectivity index (χ0) is 25.1. The van der Waals surface area contributed by atoms with E-state index < -0.39 is 0 Å². The number of carbonyl (C=O) groups is 1. The number of fused-ring (bicyclic) bond motifs is 1. The lowest BCUT2D eigenvalue weighted by Crippen LogP contribution is -2.44. The molecular formula is C28H40N6O2. The number of hydrogen-bond donors (Lipinski definition) is 0. The molecule has 0 N–H and O–H groups in total. The molecule has 4 heterocycles. The molecule has 0 unspecified atom stereocenters. The zero-order valence-corrected chi connectivity index (χ0v) is 22.0. The van der Waals surface area contributed by atoms with Crippen LogP contribution >= 0.6 is 0 Å². The van der Waals surface area contributed by atoms with Crippen molar-refractivity contribution in [3.8, 4) is 11.4 Å². The molecule has 1 aromatic heterocycles. The summed E-state index contributed by atoms with van der Waals surface area (Å²) in [7, 11) is 2.18. The number of esters is 1. The van der Waals surface area contributed by atoms with Crippen LogP contribution in [0.1, 0.15) is 38.7 Å². The Hall–Kier alpha value is -2.71. The predicted octanol–water partition coefficient (Wildman–Crippen LogP) is 3.06. The molecule has 0 amide bonds. The molecule has 3 aliphatic rings. The van der Waals surface area contributed by atoms with Gasteiger partial charge in [0, 0.05) is 68.8 Å². The summed E-state index contributed by atoms with van der Waals surface area (Å²) in [5.74, 6) is 1.80. The van der Waals surface area contributed by atoms with Gasteiger partial charge in [0.2, 0.25) is 0 Å². The van der Waals surface area contributed by atoms with Crippen LogP contribution in [0.15, 0.2) is 30.5 Å². The van der Waals surface area contributed by atoms with E-state index in [2.05, 4.69) is 55.9 Å². The van der Waals surface area contributed by atoms with Gasteiger partial charge in [-0.1, -0.05) is 0 Å². The first-order chi connectivity index (χ1) is 17.5. The lowest BCUT2D eigenvalue weighted by atomic mass is 10.1. The van der Waals surface area contributed by atoms with Crippen LogP contribution in [0.2, 0.25) is 0 Å². The topological polar surface area (TPSA) is 65.0 Å². The van der Waals surface area contributed by atoms with E-state index in [1.54, 1.807) is 0 Å². The van der Waals surface area contributed by atoms with E-state index in [1.165, 1.54) is 11.3 Å². The lowest BCUT2D eigenvalue weighted by Gasteiger charge is -2.34. The van der Waals surface area contributed by atoms with E-state index in [0.717, 1.165) is 95.2 Å². The van der Waals surface area contributed by atoms with Crippen molar-refractivity contribution < 1.29 is 9.53 Å². The summed E-state index contributed by atoms with van der Waals surface area (Å²) in [4.78, 5) is 31.6. The third kappa shape index (κ3) is 5.65. The molecule has 2 aromatic rings. The molecule has 0 saturated carbocycles. The summed E-state index contributed by atoms with van der Waals surface area (Å²) in [5.41, 5.74) is 3.56. The first kappa shape index (κ1) is 25.0. The second-order valence-electron chi connectivity index (χ2n) is 10.6. The van der Waals surface area contributed by atoms with Crippen LogP contribution in [0.5, 0.6) is 0 Å². The number of aromatic nitrogens is 2. The molecule has 2 fully saturated rings. The minimum Gasteiger partial charge on any atom is -0.462 e. The zero-order valence-electron chi connectivity index (χ0n) is 22.0. The summed E-state index contributed by atoms with van der Waals surface area (Å²) < 4.78 is 5.48. The van der Waals surface area contributed by atoms with Gasteiger partial charge in [0.25, 0.3) is 0 Å². The Bertz CT molecular complexity index is 1030. The standard InChI is InChI=1S/C28H40N6O2/c1-21(2)36-28(35)25-6-4-12-33(25)13-5-14-34-15-11-23-20-29-26(30-27(23)34)22-7-9-24(10-8-22)32-18-16-31(3)17-19-32/h7-10,20-21,25H,4-6,11-19H2,1-3H3/t25-/m0/s1. The number of likely N-dealkylation sites (tertiary alicyclic amines) is 1. The van der Waals surface area contributed by atoms with Gasteiger partial charge in [0.15, 0.2) is 5.82 Å². The van der Waals surface area contributed by atoms with E-state index in [0.29, 0.717) is 0 Å². The summed E-state index contributed by atoms with van der Waals surface area (Å²) in [6, 6.07) is 8.62. The molecule has 8 heteroatoms. The predicted molar refractivity (Wildman–Crippen MR) is 144 cm³/mol. The molecule has 1 aromatic carbocycles. The number of rotatable bonds is 8. The molecule has 0 radical (unpaired) electrons. The van der Waals surface area contributed by atoms with Crippen LogP contribution < -0.4 is 9.80 Å². The number of piperazine rings is 1. The minimum atomic E-state index is -0.0824. The Morgan fingerprint density at radius 3 is 2.58 bits per heavy atom. The lowest BCUT2D eigenvalue weighted by molar-refractivity contribution is -0.152. The average Bonchev–Trinajstić information content (AvgIpc) is 3.51. The number of ether oxygens (including phenoxy) is 1. The molecule has 0 aliphatic carbocycles. The maximum atomic E-state index is 12.4. The number of carbonyl (C=O) groups excluding carboxylic acids is 1. The molecule has 194 valence electrons. The Morgan fingerprint density at radius 2 is 1.83 bits per heavy atom. The van der Waals surface area contributed by atoms with Gasteiger partial charge in [-0.25, -0.2) is 9.97 Å². The van der Waals surface area contributed by atoms with Gasteiger partial charge in [-0.3, -0.25) is 9.69 Å². The Labute approximate surface area is 215 Å². The van der Waals surface area contributed by atoms with Gasteiger partial charge >= 0.3 is 5.97 Å². The Kier molecular flexibility index (Phi) is 7.72. The third-order valence-corrected chi connectivity index (χ3v) is 7.65. The Morgan fingerprint density at radius 1 is 1.06 bits per heavy atom. The maximum Gasteiger partial charge on any atom is 0.323 e. The van der Waals surface area contributed by atoms with Gasteiger partial charge in [-0.05, 0) is 77.4 Å². The second-order valence-corrected chi connectivity index (χ2v) is 10.6. The number of hydrogen-bond acceptors (Lipinski definition) is 8. The highest BCUT2D eigenvalue weighted by Gasteiger charge is 2.32. The van der Waals surface area contributed by atoms with Gasteiger partial charge in [0.05, 0.1) is 6.10 Å². The first-order valence-corrected chi connectivity index (χ1v) is 13.6. The van der Waals surface area contributed by atoms with Crippen LogP contribution in [0.4, 0.5) is 11.5 Å². The fourth-order valence-corrected chi connectivity index (χ4v) is 5.59. The van der Waals surface area contributed by atoms with Crippen molar-refractivity contribution >= 4 is 17.5 Å². The molecule has 36 heavy (non-hydrogen) atoms. The van der Waals surface area contributed by atoms with Gasteiger partial charge in [-0.2, -0.15) is 0 Å². The van der Waals surface area contributed by atoms with E-state index in [-0.39, 0.29) is 18.1 Å². The molecule has 5 rings (SSSR count). The van der Waals surface area contributed by atoms with Crippen LogP contribution in [0.3, 0.4) is 0 Å². The molecule has 0 bridgehead atoms. The third-order valence-electron chi connectivity index (χ3n) is 7.65. The summed E-state index contributed by atoms with van der Waals surface area (Å²) in [6.45, 7) is 12.0. The second kappa shape index (κ2) is 11.1. The van der Waals surface area contributed by atoms with Gasteiger partial charge in [0.1, 0.15) is 11.9 Å². The highest BCUT2D eigenvalue weighted by atomic mass is 16.5. The van der Waals surface area contributed by atoms with Crippen LogP contribution in [0.25, 0.3) is 11.4 Å². The fraction of sp³-hybridized carbons (Fsp3) is 0.607. The number of likely N-dealkylation sites (N-methyl/N-ethyl adjacent to an activating group) is 1. The van der Waals surface area contributed by atoms with Gasteiger partial charge in [-0.15, -0.1) is 0 Å². The van der Waals surface area contributed by atoms with Crippen molar-refractivity contribution in [2.75, 3.05) is 69.2 Å². The molecule has 8 nitrogen and oxygen atoms in total. The summed E-state index contributed by atoms with van der Waals surface area (Å²) in [6.07, 6.45) is 5.91. The van der Waals surface area contributed by atoms with Gasteiger partial charge < -0.3 is 19.4 Å². The first-order valence-electron chi connectivity index (χ1n) is 13.6. The van der Waals surface area contributed by atoms with E-state index >= 15 is 0 Å². The van der Waals surface area contributed by atoms with E-state index in [4.69, 9.17) is 9.72 Å². The SMILES string of the molecule is CC(C)OC(=O)[C@@H]1CCCN1CCCN1CCc2cnc(-c3ccc(N4CCN(C)CC4)cc3)nc21. The highest BCUT2D eigenvalue weighted by molar-refractivity contribution is 5.76. The van der Waals surface area contributed by atoms with Crippen molar-refractivity contribution in [3.05, 3.63) is 36.0 Å². The monoisotopic (exact) mass is 492 g/mol. The maximum absolute atomic E-state index is 12.4. The molecular weight excluding hydrogens is 452 g/mol. The normalized spacial score (nSPS) is 20.8. The van der Waals surface area contributed by atoms with Crippen molar-refractivity contribution in [1.29, 1.82) is 0 Å². The van der Waals surface area contributed by atoms with Crippen LogP contribution in [-0.4, -0.2) is 97.3 Å². The number of benzene rings is 1. The number of nitrogens with zero attached hydrogens (tertiary/aromatic N) is 6. The van der Waals surface area contributed by atoms with Crippen LogP contribution in [-0.2, 0) is 16.0 Å². The largest absolute Gasteiger partial charge is 0.462 e. The van der Waals surface area contributed by atoms with E-state index in [9.17, 15) is 4.79 Å². The van der Waals surface area contributed by atoms with E-state index in [1.807, 2.05) is 20.0 Å². The fourth-order valence-electron chi connectivity index (χ4n) is 5.59. The average molecular weight is 493 g/mol. The molecule has 0 spiro atoms. The minimum absolute atomic E-state index is 0.0575. The summed E-state index contributed by atoms with van der Waals surface area (Å²) in [5, 5.41) is 0. The molecule has 1 atom stereocenters. The molecule has 2 saturated heterocycles. The van der Waals surface area contributed by atoms with Crippen LogP contribution in [0, 0.1) is 0 Å². The van der Waals surface area contributed by atoms with Crippen molar-refractivity contribution in [2.24, 2.45) is 0 Å². The van der Waals surface area contributed by atoms with Crippen molar-refractivity contribution in [3.63, 3.8) is 0 Å². The highest BCUT2D eigenvalue weighted by Crippen LogP contribution is 2.29. The quantitative estimate of drug-likeness (QED) is 0.521. The number of anilines is 2. The molecule has 3 aliphatic heterocycles. The van der Waals surface area contributed by atoms with Crippen molar-refractivity contribution in [2.45, 2.75) is 51.7 Å². The van der Waals surface area contributed by atoms with Crippen molar-refractivity contribution in [1.82, 2.24) is 19.8 Å². The Balaban J connectivity index is 1.19. The smallest absolute Gasteiger partial charge is 0.323 e. The summed E-state index contributed by atoms with van der Waals surface area (Å²) >= 11 is 0.